The van der Waals surface area contributed by atoms with E-state index in [2.05, 4.69) is 17.0 Å². The van der Waals surface area contributed by atoms with E-state index in [0.29, 0.717) is 11.4 Å². The molecule has 0 atom stereocenters. The molecule has 0 radical (unpaired) electrons. The van der Waals surface area contributed by atoms with Crippen molar-refractivity contribution >= 4 is 22.9 Å². The van der Waals surface area contributed by atoms with Crippen molar-refractivity contribution in [2.75, 3.05) is 19.0 Å². The zero-order valence-electron chi connectivity index (χ0n) is 7.95. The van der Waals surface area contributed by atoms with Gasteiger partial charge in [-0.3, -0.25) is 0 Å². The molecule has 0 unspecified atom stereocenters. The SMILES string of the molecule is CN(C)c1cccc(CC(N)=S)c1. The Labute approximate surface area is 84.3 Å². The Morgan fingerprint density at radius 2 is 2.15 bits per heavy atom. The fraction of sp³-hybridized carbons (Fsp3) is 0.300. The molecule has 2 N–H and O–H groups in total. The molecule has 0 saturated carbocycles. The second-order valence-corrected chi connectivity index (χ2v) is 3.73. The van der Waals surface area contributed by atoms with Gasteiger partial charge in [-0.25, -0.2) is 0 Å². The molecule has 1 aromatic carbocycles. The molecule has 70 valence electrons. The Morgan fingerprint density at radius 3 is 2.69 bits per heavy atom. The third-order valence-corrected chi connectivity index (χ3v) is 1.95. The summed E-state index contributed by atoms with van der Waals surface area (Å²) in [6.07, 6.45) is 0.678. The van der Waals surface area contributed by atoms with Gasteiger partial charge < -0.3 is 10.6 Å². The second-order valence-electron chi connectivity index (χ2n) is 3.21. The van der Waals surface area contributed by atoms with E-state index in [4.69, 9.17) is 18.0 Å². The maximum absolute atomic E-state index is 5.47. The van der Waals surface area contributed by atoms with Gasteiger partial charge in [0.05, 0.1) is 4.99 Å². The summed E-state index contributed by atoms with van der Waals surface area (Å²) in [7, 11) is 4.03. The van der Waals surface area contributed by atoms with E-state index in [0.717, 1.165) is 0 Å². The molecule has 13 heavy (non-hydrogen) atoms. The summed E-state index contributed by atoms with van der Waals surface area (Å²) in [5.41, 5.74) is 7.81. The third kappa shape index (κ3) is 3.03. The lowest BCUT2D eigenvalue weighted by Gasteiger charge is -2.13. The van der Waals surface area contributed by atoms with Gasteiger partial charge in [-0.1, -0.05) is 24.4 Å². The van der Waals surface area contributed by atoms with Crippen molar-refractivity contribution < 1.29 is 0 Å². The van der Waals surface area contributed by atoms with Crippen molar-refractivity contribution in [3.05, 3.63) is 29.8 Å². The molecular weight excluding hydrogens is 180 g/mol. The monoisotopic (exact) mass is 194 g/mol. The van der Waals surface area contributed by atoms with E-state index in [1.807, 2.05) is 26.2 Å². The molecule has 0 aliphatic carbocycles. The maximum Gasteiger partial charge on any atom is 0.0771 e. The van der Waals surface area contributed by atoms with E-state index in [9.17, 15) is 0 Å². The summed E-state index contributed by atoms with van der Waals surface area (Å²) < 4.78 is 0. The van der Waals surface area contributed by atoms with Gasteiger partial charge in [0.1, 0.15) is 0 Å². The number of nitrogens with two attached hydrogens (primary N) is 1. The Hall–Kier alpha value is -1.09. The lowest BCUT2D eigenvalue weighted by molar-refractivity contribution is 1.12. The standard InChI is InChI=1S/C10H14N2S/c1-12(2)9-5-3-4-8(6-9)7-10(11)13/h3-6H,7H2,1-2H3,(H2,11,13). The molecule has 3 heteroatoms. The zero-order valence-corrected chi connectivity index (χ0v) is 8.77. The molecule has 0 aliphatic rings. The predicted molar refractivity (Wildman–Crippen MR) is 61.3 cm³/mol. The number of rotatable bonds is 3. The van der Waals surface area contributed by atoms with E-state index >= 15 is 0 Å². The highest BCUT2D eigenvalue weighted by Gasteiger charge is 1.98. The summed E-state index contributed by atoms with van der Waals surface area (Å²) in [6, 6.07) is 8.21. The molecule has 0 aromatic heterocycles. The molecule has 0 bridgehead atoms. The van der Waals surface area contributed by atoms with Gasteiger partial charge in [0, 0.05) is 26.2 Å². The quantitative estimate of drug-likeness (QED) is 0.741. The first kappa shape index (κ1) is 9.99. The second kappa shape index (κ2) is 4.23. The average Bonchev–Trinajstić information content (AvgIpc) is 2.03. The normalized spacial score (nSPS) is 9.69. The Kier molecular flexibility index (Phi) is 3.25. The maximum atomic E-state index is 5.47. The Morgan fingerprint density at radius 1 is 1.46 bits per heavy atom. The lowest BCUT2D eigenvalue weighted by Crippen LogP contribution is -2.12. The minimum atomic E-state index is 0.538. The number of anilines is 1. The van der Waals surface area contributed by atoms with Gasteiger partial charge in [-0.2, -0.15) is 0 Å². The number of nitrogens with zero attached hydrogens (tertiary/aromatic N) is 1. The molecular formula is C10H14N2S. The largest absolute Gasteiger partial charge is 0.393 e. The fourth-order valence-electron chi connectivity index (χ4n) is 1.15. The van der Waals surface area contributed by atoms with E-state index in [1.54, 1.807) is 0 Å². The first-order valence-corrected chi connectivity index (χ1v) is 4.55. The molecule has 0 saturated heterocycles. The fourth-order valence-corrected chi connectivity index (χ4v) is 1.31. The van der Waals surface area contributed by atoms with Crippen molar-refractivity contribution in [1.29, 1.82) is 0 Å². The molecule has 1 rings (SSSR count). The van der Waals surface area contributed by atoms with Crippen LogP contribution in [0.3, 0.4) is 0 Å². The Balaban J connectivity index is 2.85. The van der Waals surface area contributed by atoms with Crippen LogP contribution in [0.15, 0.2) is 24.3 Å². The van der Waals surface area contributed by atoms with Gasteiger partial charge in [0.15, 0.2) is 0 Å². The van der Waals surface area contributed by atoms with Crippen LogP contribution in [0.25, 0.3) is 0 Å². The number of thiocarbonyl (C=S) groups is 1. The van der Waals surface area contributed by atoms with Gasteiger partial charge >= 0.3 is 0 Å². The highest BCUT2D eigenvalue weighted by Crippen LogP contribution is 2.13. The van der Waals surface area contributed by atoms with Crippen molar-refractivity contribution in [1.82, 2.24) is 0 Å². The zero-order chi connectivity index (χ0) is 9.84. The summed E-state index contributed by atoms with van der Waals surface area (Å²) in [6.45, 7) is 0. The summed E-state index contributed by atoms with van der Waals surface area (Å²) in [5, 5.41) is 0. The van der Waals surface area contributed by atoms with Gasteiger partial charge in [0.25, 0.3) is 0 Å². The summed E-state index contributed by atoms with van der Waals surface area (Å²) in [5.74, 6) is 0. The molecule has 1 aromatic rings. The molecule has 2 nitrogen and oxygen atoms in total. The molecule has 0 fully saturated rings. The van der Waals surface area contributed by atoms with Crippen LogP contribution in [0, 0.1) is 0 Å². The lowest BCUT2D eigenvalue weighted by atomic mass is 10.1. The highest BCUT2D eigenvalue weighted by atomic mass is 32.1. The van der Waals surface area contributed by atoms with Crippen LogP contribution in [0.2, 0.25) is 0 Å². The smallest absolute Gasteiger partial charge is 0.0771 e. The highest BCUT2D eigenvalue weighted by molar-refractivity contribution is 7.80. The minimum Gasteiger partial charge on any atom is -0.393 e. The molecule has 0 aliphatic heterocycles. The first-order chi connectivity index (χ1) is 6.09. The third-order valence-electron chi connectivity index (χ3n) is 1.81. The van der Waals surface area contributed by atoms with Gasteiger partial charge in [-0.05, 0) is 17.7 Å². The van der Waals surface area contributed by atoms with Crippen LogP contribution in [0.4, 0.5) is 5.69 Å². The van der Waals surface area contributed by atoms with Crippen LogP contribution < -0.4 is 10.6 Å². The van der Waals surface area contributed by atoms with E-state index in [1.165, 1.54) is 11.3 Å². The van der Waals surface area contributed by atoms with Gasteiger partial charge in [0.2, 0.25) is 0 Å². The van der Waals surface area contributed by atoms with Gasteiger partial charge in [-0.15, -0.1) is 0 Å². The predicted octanol–water partition coefficient (Wildman–Crippen LogP) is 1.58. The van der Waals surface area contributed by atoms with Crippen LogP contribution in [0.5, 0.6) is 0 Å². The number of benzene rings is 1. The topological polar surface area (TPSA) is 29.3 Å². The van der Waals surface area contributed by atoms with E-state index < -0.39 is 0 Å². The van der Waals surface area contributed by atoms with Crippen LogP contribution in [0.1, 0.15) is 5.56 Å². The van der Waals surface area contributed by atoms with Crippen molar-refractivity contribution in [3.8, 4) is 0 Å². The average molecular weight is 194 g/mol. The number of hydrogen-bond donors (Lipinski definition) is 1. The van der Waals surface area contributed by atoms with Crippen molar-refractivity contribution in [2.45, 2.75) is 6.42 Å². The summed E-state index contributed by atoms with van der Waals surface area (Å²) >= 11 is 4.85. The minimum absolute atomic E-state index is 0.538. The Bertz CT molecular complexity index is 308. The number of hydrogen-bond acceptors (Lipinski definition) is 2. The van der Waals surface area contributed by atoms with E-state index in [-0.39, 0.29) is 0 Å². The van der Waals surface area contributed by atoms with Crippen LogP contribution in [-0.4, -0.2) is 19.1 Å². The first-order valence-electron chi connectivity index (χ1n) is 4.14. The summed E-state index contributed by atoms with van der Waals surface area (Å²) in [4.78, 5) is 2.60. The van der Waals surface area contributed by atoms with Crippen LogP contribution in [-0.2, 0) is 6.42 Å². The van der Waals surface area contributed by atoms with Crippen LogP contribution >= 0.6 is 12.2 Å². The van der Waals surface area contributed by atoms with Crippen molar-refractivity contribution in [3.63, 3.8) is 0 Å². The molecule has 0 heterocycles. The van der Waals surface area contributed by atoms with Crippen molar-refractivity contribution in [2.24, 2.45) is 5.73 Å². The molecule has 0 amide bonds. The molecule has 0 spiro atoms.